The average Bonchev–Trinajstić information content (AvgIpc) is 2.77. The lowest BCUT2D eigenvalue weighted by molar-refractivity contribution is 0.0263. The van der Waals surface area contributed by atoms with Crippen LogP contribution in [0.2, 0.25) is 0 Å². The lowest BCUT2D eigenvalue weighted by Gasteiger charge is -2.26. The second-order valence-electron chi connectivity index (χ2n) is 7.58. The number of imidazole rings is 1. The molecule has 2 aromatic rings. The molecule has 2 heterocycles. The summed E-state index contributed by atoms with van der Waals surface area (Å²) < 4.78 is 7.55. The van der Waals surface area contributed by atoms with Gasteiger partial charge in [0, 0.05) is 32.7 Å². The first-order valence-corrected chi connectivity index (χ1v) is 9.18. The number of benzene rings is 1. The Hall–Kier alpha value is -2.28. The van der Waals surface area contributed by atoms with Crippen LogP contribution in [-0.4, -0.2) is 64.0 Å². The first kappa shape index (κ1) is 18.5. The Bertz CT molecular complexity index is 766. The van der Waals surface area contributed by atoms with Crippen molar-refractivity contribution < 1.29 is 14.6 Å². The summed E-state index contributed by atoms with van der Waals surface area (Å²) >= 11 is 0. The molecule has 7 heteroatoms. The second kappa shape index (κ2) is 7.53. The maximum absolute atomic E-state index is 12.4. The molecule has 1 amide bonds. The summed E-state index contributed by atoms with van der Waals surface area (Å²) in [5, 5.41) is 9.46. The molecule has 142 valence electrons. The fourth-order valence-electron chi connectivity index (χ4n) is 3.25. The van der Waals surface area contributed by atoms with E-state index in [2.05, 4.69) is 9.47 Å². The Morgan fingerprint density at radius 1 is 1.19 bits per heavy atom. The Morgan fingerprint density at radius 2 is 1.96 bits per heavy atom. The summed E-state index contributed by atoms with van der Waals surface area (Å²) in [6.45, 7) is 8.98. The number of aliphatic hydroxyl groups excluding tert-OH is 1. The number of nitrogens with zero attached hydrogens (tertiary/aromatic N) is 4. The van der Waals surface area contributed by atoms with E-state index in [9.17, 15) is 9.90 Å². The third kappa shape index (κ3) is 4.09. The van der Waals surface area contributed by atoms with E-state index < -0.39 is 5.60 Å². The Kier molecular flexibility index (Phi) is 5.36. The number of carbonyl (C=O) groups excluding carboxylic acids is 1. The Labute approximate surface area is 154 Å². The quantitative estimate of drug-likeness (QED) is 0.910. The van der Waals surface area contributed by atoms with Gasteiger partial charge in [0.2, 0.25) is 5.95 Å². The van der Waals surface area contributed by atoms with Crippen LogP contribution in [0.1, 0.15) is 27.2 Å². The molecule has 1 saturated heterocycles. The Morgan fingerprint density at radius 3 is 2.69 bits per heavy atom. The first-order chi connectivity index (χ1) is 12.4. The van der Waals surface area contributed by atoms with Crippen LogP contribution in [0.4, 0.5) is 10.7 Å². The molecule has 26 heavy (non-hydrogen) atoms. The van der Waals surface area contributed by atoms with Crippen molar-refractivity contribution in [3.05, 3.63) is 24.3 Å². The normalized spacial score (nSPS) is 16.0. The Balaban J connectivity index is 1.78. The number of ether oxygens (including phenoxy) is 1. The topological polar surface area (TPSA) is 70.8 Å². The van der Waals surface area contributed by atoms with Gasteiger partial charge in [0.25, 0.3) is 0 Å². The predicted octanol–water partition coefficient (Wildman–Crippen LogP) is 2.48. The number of rotatable bonds is 3. The maximum Gasteiger partial charge on any atom is 0.410 e. The van der Waals surface area contributed by atoms with Gasteiger partial charge in [-0.2, -0.15) is 0 Å². The molecule has 0 radical (unpaired) electrons. The molecule has 7 nitrogen and oxygen atoms in total. The van der Waals surface area contributed by atoms with E-state index in [0.29, 0.717) is 26.2 Å². The standard InChI is InChI=1S/C19H28N4O3/c1-19(2,3)26-18(25)22-10-6-9-21(11-12-22)17-20-15-7-4-5-8-16(15)23(17)13-14-24/h4-5,7-8,24H,6,9-14H2,1-3H3. The van der Waals surface area contributed by atoms with E-state index in [4.69, 9.17) is 9.72 Å². The summed E-state index contributed by atoms with van der Waals surface area (Å²) in [6.07, 6.45) is 0.588. The van der Waals surface area contributed by atoms with Crippen LogP contribution in [0.3, 0.4) is 0 Å². The number of amides is 1. The van der Waals surface area contributed by atoms with E-state index in [0.717, 1.165) is 29.9 Å². The number of aromatic nitrogens is 2. The van der Waals surface area contributed by atoms with E-state index in [-0.39, 0.29) is 12.7 Å². The summed E-state index contributed by atoms with van der Waals surface area (Å²) in [4.78, 5) is 21.1. The van der Waals surface area contributed by atoms with Crippen molar-refractivity contribution in [2.75, 3.05) is 37.7 Å². The van der Waals surface area contributed by atoms with Gasteiger partial charge in [-0.15, -0.1) is 0 Å². The van der Waals surface area contributed by atoms with Crippen LogP contribution in [0.5, 0.6) is 0 Å². The minimum absolute atomic E-state index is 0.0607. The summed E-state index contributed by atoms with van der Waals surface area (Å²) in [7, 11) is 0. The third-order valence-electron chi connectivity index (χ3n) is 4.39. The fraction of sp³-hybridized carbons (Fsp3) is 0.579. The van der Waals surface area contributed by atoms with Crippen LogP contribution >= 0.6 is 0 Å². The zero-order chi connectivity index (χ0) is 18.7. The molecule has 1 aliphatic heterocycles. The number of para-hydroxylation sites is 2. The van der Waals surface area contributed by atoms with Crippen molar-refractivity contribution in [2.24, 2.45) is 0 Å². The molecular weight excluding hydrogens is 332 g/mol. The summed E-state index contributed by atoms with van der Waals surface area (Å²) in [5.74, 6) is 0.853. The van der Waals surface area contributed by atoms with Gasteiger partial charge in [0.1, 0.15) is 5.60 Å². The van der Waals surface area contributed by atoms with Gasteiger partial charge in [-0.05, 0) is 39.3 Å². The molecule has 1 fully saturated rings. The van der Waals surface area contributed by atoms with Crippen LogP contribution in [0.15, 0.2) is 24.3 Å². The zero-order valence-electron chi connectivity index (χ0n) is 15.8. The summed E-state index contributed by atoms with van der Waals surface area (Å²) in [5.41, 5.74) is 1.45. The van der Waals surface area contributed by atoms with Gasteiger partial charge in [0.05, 0.1) is 17.6 Å². The van der Waals surface area contributed by atoms with Crippen LogP contribution < -0.4 is 4.90 Å². The highest BCUT2D eigenvalue weighted by Gasteiger charge is 2.26. The van der Waals surface area contributed by atoms with E-state index in [1.54, 1.807) is 4.90 Å². The lowest BCUT2D eigenvalue weighted by atomic mass is 10.2. The van der Waals surface area contributed by atoms with Gasteiger partial charge in [-0.3, -0.25) is 0 Å². The number of fused-ring (bicyclic) bond motifs is 1. The van der Waals surface area contributed by atoms with Gasteiger partial charge in [-0.1, -0.05) is 12.1 Å². The van der Waals surface area contributed by atoms with Crippen molar-refractivity contribution in [3.8, 4) is 0 Å². The first-order valence-electron chi connectivity index (χ1n) is 9.18. The molecule has 0 bridgehead atoms. The number of aliphatic hydroxyl groups is 1. The number of carbonyl (C=O) groups is 1. The lowest BCUT2D eigenvalue weighted by Crippen LogP contribution is -2.39. The summed E-state index contributed by atoms with van der Waals surface area (Å²) in [6, 6.07) is 7.95. The fourth-order valence-corrected chi connectivity index (χ4v) is 3.25. The molecule has 1 N–H and O–H groups in total. The molecule has 0 unspecified atom stereocenters. The van der Waals surface area contributed by atoms with Gasteiger partial charge in [-0.25, -0.2) is 9.78 Å². The third-order valence-corrected chi connectivity index (χ3v) is 4.39. The van der Waals surface area contributed by atoms with E-state index >= 15 is 0 Å². The molecule has 1 aromatic carbocycles. The minimum atomic E-state index is -0.488. The van der Waals surface area contributed by atoms with Crippen LogP contribution in [0, 0.1) is 0 Å². The van der Waals surface area contributed by atoms with E-state index in [1.165, 1.54) is 0 Å². The minimum Gasteiger partial charge on any atom is -0.444 e. The molecule has 3 rings (SSSR count). The van der Waals surface area contributed by atoms with Crippen molar-refractivity contribution in [1.82, 2.24) is 14.5 Å². The molecular formula is C19H28N4O3. The molecule has 0 aliphatic carbocycles. The van der Waals surface area contributed by atoms with Crippen molar-refractivity contribution in [2.45, 2.75) is 39.3 Å². The van der Waals surface area contributed by atoms with Gasteiger partial charge >= 0.3 is 6.09 Å². The molecule has 1 aromatic heterocycles. The molecule has 0 spiro atoms. The van der Waals surface area contributed by atoms with Gasteiger partial charge in [0.15, 0.2) is 0 Å². The molecule has 1 aliphatic rings. The number of anilines is 1. The number of hydrogen-bond acceptors (Lipinski definition) is 5. The van der Waals surface area contributed by atoms with E-state index in [1.807, 2.05) is 45.0 Å². The highest BCUT2D eigenvalue weighted by molar-refractivity contribution is 5.79. The zero-order valence-corrected chi connectivity index (χ0v) is 15.8. The monoisotopic (exact) mass is 360 g/mol. The molecule has 0 atom stereocenters. The highest BCUT2D eigenvalue weighted by atomic mass is 16.6. The molecule has 0 saturated carbocycles. The van der Waals surface area contributed by atoms with Gasteiger partial charge < -0.3 is 24.2 Å². The largest absolute Gasteiger partial charge is 0.444 e. The van der Waals surface area contributed by atoms with Crippen LogP contribution in [-0.2, 0) is 11.3 Å². The average molecular weight is 360 g/mol. The number of hydrogen-bond donors (Lipinski definition) is 1. The van der Waals surface area contributed by atoms with Crippen molar-refractivity contribution in [1.29, 1.82) is 0 Å². The van der Waals surface area contributed by atoms with Crippen molar-refractivity contribution >= 4 is 23.1 Å². The van der Waals surface area contributed by atoms with Crippen LogP contribution in [0.25, 0.3) is 11.0 Å². The van der Waals surface area contributed by atoms with Crippen molar-refractivity contribution in [3.63, 3.8) is 0 Å². The maximum atomic E-state index is 12.4. The highest BCUT2D eigenvalue weighted by Crippen LogP contribution is 2.24. The predicted molar refractivity (Wildman–Crippen MR) is 101 cm³/mol. The second-order valence-corrected chi connectivity index (χ2v) is 7.58. The SMILES string of the molecule is CC(C)(C)OC(=O)N1CCCN(c2nc3ccccc3n2CCO)CC1. The smallest absolute Gasteiger partial charge is 0.410 e.